The summed E-state index contributed by atoms with van der Waals surface area (Å²) in [5.74, 6) is -0.893. The van der Waals surface area contributed by atoms with Crippen molar-refractivity contribution in [1.29, 1.82) is 0 Å². The summed E-state index contributed by atoms with van der Waals surface area (Å²) in [6.07, 6.45) is 3.32. The fourth-order valence-corrected chi connectivity index (χ4v) is 2.78. The summed E-state index contributed by atoms with van der Waals surface area (Å²) in [5.41, 5.74) is 1.42. The molecule has 1 heterocycles. The van der Waals surface area contributed by atoms with Crippen LogP contribution in [-0.4, -0.2) is 24.2 Å². The molecule has 0 radical (unpaired) electrons. The van der Waals surface area contributed by atoms with Gasteiger partial charge in [-0.15, -0.1) is 0 Å². The van der Waals surface area contributed by atoms with Gasteiger partial charge in [-0.1, -0.05) is 25.4 Å². The summed E-state index contributed by atoms with van der Waals surface area (Å²) in [4.78, 5) is 13.5. The van der Waals surface area contributed by atoms with Crippen molar-refractivity contribution in [2.24, 2.45) is 5.41 Å². The van der Waals surface area contributed by atoms with Crippen LogP contribution in [0.4, 0.5) is 5.69 Å². The molecule has 1 aromatic rings. The maximum Gasteiger partial charge on any atom is 0.337 e. The zero-order valence-corrected chi connectivity index (χ0v) is 12.2. The number of anilines is 1. The van der Waals surface area contributed by atoms with E-state index in [1.165, 1.54) is 6.42 Å². The fourth-order valence-electron chi connectivity index (χ4n) is 2.61. The molecule has 1 aromatic carbocycles. The topological polar surface area (TPSA) is 40.5 Å². The minimum atomic E-state index is -0.893. The van der Waals surface area contributed by atoms with E-state index in [1.807, 2.05) is 0 Å². The molecule has 19 heavy (non-hydrogen) atoms. The second-order valence-electron chi connectivity index (χ2n) is 5.97. The van der Waals surface area contributed by atoms with Gasteiger partial charge in [-0.05, 0) is 42.9 Å². The van der Waals surface area contributed by atoms with E-state index in [0.717, 1.165) is 31.6 Å². The minimum Gasteiger partial charge on any atom is -0.478 e. The summed E-state index contributed by atoms with van der Waals surface area (Å²) in [6.45, 7) is 6.32. The molecular formula is C15H20ClNO2. The van der Waals surface area contributed by atoms with Gasteiger partial charge >= 0.3 is 5.97 Å². The maximum absolute atomic E-state index is 11.3. The Morgan fingerprint density at radius 2 is 2.05 bits per heavy atom. The van der Waals surface area contributed by atoms with Crippen LogP contribution in [0.15, 0.2) is 18.2 Å². The Morgan fingerprint density at radius 1 is 1.32 bits per heavy atom. The van der Waals surface area contributed by atoms with Crippen LogP contribution in [0.3, 0.4) is 0 Å². The lowest BCUT2D eigenvalue weighted by Gasteiger charge is -2.26. The van der Waals surface area contributed by atoms with Gasteiger partial charge in [0.05, 0.1) is 11.3 Å². The normalized spacial score (nSPS) is 19.0. The van der Waals surface area contributed by atoms with E-state index in [1.54, 1.807) is 18.2 Å². The Bertz CT molecular complexity index is 485. The van der Waals surface area contributed by atoms with Gasteiger partial charge in [-0.2, -0.15) is 0 Å². The van der Waals surface area contributed by atoms with Crippen LogP contribution >= 0.6 is 11.6 Å². The monoisotopic (exact) mass is 281 g/mol. The summed E-state index contributed by atoms with van der Waals surface area (Å²) in [6, 6.07) is 5.00. The van der Waals surface area contributed by atoms with Crippen molar-refractivity contribution >= 4 is 23.3 Å². The molecule has 0 spiro atoms. The van der Waals surface area contributed by atoms with Crippen LogP contribution in [0, 0.1) is 5.41 Å². The molecule has 0 bridgehead atoms. The van der Waals surface area contributed by atoms with Gasteiger partial charge in [-0.25, -0.2) is 4.79 Å². The van der Waals surface area contributed by atoms with Gasteiger partial charge in [0.1, 0.15) is 0 Å². The van der Waals surface area contributed by atoms with Gasteiger partial charge in [0.25, 0.3) is 0 Å². The number of nitrogens with zero attached hydrogens (tertiary/aromatic N) is 1. The first-order chi connectivity index (χ1) is 8.89. The van der Waals surface area contributed by atoms with Crippen molar-refractivity contribution < 1.29 is 9.90 Å². The first-order valence-electron chi connectivity index (χ1n) is 6.67. The average molecular weight is 282 g/mol. The van der Waals surface area contributed by atoms with Crippen molar-refractivity contribution in [2.45, 2.75) is 33.1 Å². The quantitative estimate of drug-likeness (QED) is 0.889. The van der Waals surface area contributed by atoms with E-state index in [9.17, 15) is 9.90 Å². The minimum absolute atomic E-state index is 0.330. The van der Waals surface area contributed by atoms with E-state index in [-0.39, 0.29) is 0 Å². The first kappa shape index (κ1) is 14.2. The summed E-state index contributed by atoms with van der Waals surface area (Å²) in [7, 11) is 0. The highest BCUT2D eigenvalue weighted by Gasteiger charge is 2.25. The highest BCUT2D eigenvalue weighted by molar-refractivity contribution is 6.31. The number of carbonyl (C=O) groups is 1. The molecule has 4 heteroatoms. The lowest BCUT2D eigenvalue weighted by Crippen LogP contribution is -2.26. The number of rotatable bonds is 2. The van der Waals surface area contributed by atoms with Crippen LogP contribution in [0.5, 0.6) is 0 Å². The van der Waals surface area contributed by atoms with E-state index in [4.69, 9.17) is 11.6 Å². The van der Waals surface area contributed by atoms with Crippen LogP contribution in [-0.2, 0) is 0 Å². The van der Waals surface area contributed by atoms with Crippen molar-refractivity contribution in [3.63, 3.8) is 0 Å². The largest absolute Gasteiger partial charge is 0.478 e. The van der Waals surface area contributed by atoms with Gasteiger partial charge in [0.15, 0.2) is 0 Å². The van der Waals surface area contributed by atoms with Crippen molar-refractivity contribution in [3.8, 4) is 0 Å². The third kappa shape index (κ3) is 3.41. The van der Waals surface area contributed by atoms with Crippen LogP contribution in [0.1, 0.15) is 43.5 Å². The Kier molecular flexibility index (Phi) is 4.04. The molecule has 0 saturated carbocycles. The Labute approximate surface area is 119 Å². The second kappa shape index (κ2) is 5.41. The fraction of sp³-hybridized carbons (Fsp3) is 0.533. The van der Waals surface area contributed by atoms with Crippen molar-refractivity contribution in [2.75, 3.05) is 18.0 Å². The molecule has 0 aromatic heterocycles. The van der Waals surface area contributed by atoms with Gasteiger partial charge < -0.3 is 10.0 Å². The van der Waals surface area contributed by atoms with Crippen LogP contribution < -0.4 is 4.90 Å². The molecule has 0 aliphatic carbocycles. The SMILES string of the molecule is CC1(C)CCCN(c2cc(Cl)ccc2C(=O)O)CC1. The first-order valence-corrected chi connectivity index (χ1v) is 7.05. The predicted octanol–water partition coefficient (Wildman–Crippen LogP) is 4.05. The van der Waals surface area contributed by atoms with E-state index < -0.39 is 5.97 Å². The zero-order chi connectivity index (χ0) is 14.0. The van der Waals surface area contributed by atoms with Crippen LogP contribution in [0.25, 0.3) is 0 Å². The van der Waals surface area contributed by atoms with E-state index in [0.29, 0.717) is 16.0 Å². The Hall–Kier alpha value is -1.22. The maximum atomic E-state index is 11.3. The summed E-state index contributed by atoms with van der Waals surface area (Å²) >= 11 is 6.02. The summed E-state index contributed by atoms with van der Waals surface area (Å²) in [5, 5.41) is 9.88. The molecule has 104 valence electrons. The molecule has 1 aliphatic rings. The third-order valence-corrected chi connectivity index (χ3v) is 4.11. The van der Waals surface area contributed by atoms with E-state index >= 15 is 0 Å². The molecule has 0 atom stereocenters. The molecule has 2 rings (SSSR count). The Morgan fingerprint density at radius 3 is 2.74 bits per heavy atom. The molecule has 1 saturated heterocycles. The lowest BCUT2D eigenvalue weighted by atomic mass is 9.85. The number of halogens is 1. The molecule has 1 fully saturated rings. The molecule has 0 amide bonds. The van der Waals surface area contributed by atoms with Gasteiger partial charge in [-0.3, -0.25) is 0 Å². The number of hydrogen-bond donors (Lipinski definition) is 1. The third-order valence-electron chi connectivity index (χ3n) is 3.87. The summed E-state index contributed by atoms with van der Waals surface area (Å²) < 4.78 is 0. The smallest absolute Gasteiger partial charge is 0.337 e. The van der Waals surface area contributed by atoms with E-state index in [2.05, 4.69) is 18.7 Å². The predicted molar refractivity (Wildman–Crippen MR) is 78.3 cm³/mol. The zero-order valence-electron chi connectivity index (χ0n) is 11.4. The second-order valence-corrected chi connectivity index (χ2v) is 6.41. The lowest BCUT2D eigenvalue weighted by molar-refractivity contribution is 0.0697. The number of benzene rings is 1. The number of carboxylic acid groups (broad SMARTS) is 1. The molecule has 3 nitrogen and oxygen atoms in total. The molecule has 0 unspecified atom stereocenters. The highest BCUT2D eigenvalue weighted by Crippen LogP contribution is 2.33. The Balaban J connectivity index is 2.30. The molecular weight excluding hydrogens is 262 g/mol. The number of hydrogen-bond acceptors (Lipinski definition) is 2. The van der Waals surface area contributed by atoms with Crippen LogP contribution in [0.2, 0.25) is 5.02 Å². The van der Waals surface area contributed by atoms with Crippen molar-refractivity contribution in [1.82, 2.24) is 0 Å². The van der Waals surface area contributed by atoms with Gasteiger partial charge in [0, 0.05) is 18.1 Å². The average Bonchev–Trinajstić information content (AvgIpc) is 2.49. The van der Waals surface area contributed by atoms with Crippen molar-refractivity contribution in [3.05, 3.63) is 28.8 Å². The highest BCUT2D eigenvalue weighted by atomic mass is 35.5. The number of carboxylic acids is 1. The number of aromatic carboxylic acids is 1. The standard InChI is InChI=1S/C15H20ClNO2/c1-15(2)6-3-8-17(9-7-15)13-10-11(16)4-5-12(13)14(18)19/h4-5,10H,3,6-9H2,1-2H3,(H,18,19). The molecule has 1 aliphatic heterocycles. The van der Waals surface area contributed by atoms with Gasteiger partial charge in [0.2, 0.25) is 0 Å². The molecule has 1 N–H and O–H groups in total.